The van der Waals surface area contributed by atoms with E-state index in [2.05, 4.69) is 25.8 Å². The Hall–Kier alpha value is -7.10. The summed E-state index contributed by atoms with van der Waals surface area (Å²) in [6.45, 7) is 0. The number of hydrogen-bond donors (Lipinski definition) is 7. The van der Waals surface area contributed by atoms with Gasteiger partial charge >= 0.3 is 0 Å². The number of aromatic hydroxyl groups is 2. The Bertz CT molecular complexity index is 3630. The normalized spacial score (nSPS) is 12.6. The highest BCUT2D eigenvalue weighted by molar-refractivity contribution is 7.87. The Morgan fingerprint density at radius 2 is 0.985 bits per heavy atom. The summed E-state index contributed by atoms with van der Waals surface area (Å²) in [6.07, 6.45) is 0. The average Bonchev–Trinajstić information content (AvgIpc) is 3.24. The van der Waals surface area contributed by atoms with Crippen LogP contribution in [0.3, 0.4) is 0 Å². The summed E-state index contributed by atoms with van der Waals surface area (Å²) in [6, 6.07) is 25.3. The Morgan fingerprint density at radius 1 is 0.477 bits per heavy atom. The predicted molar refractivity (Wildman–Crippen MR) is 234 cm³/mol. The molecule has 0 bridgehead atoms. The molecule has 336 valence electrons. The highest BCUT2D eigenvalue weighted by atomic mass is 32.2. The molecule has 7 N–H and O–H groups in total. The second-order valence-corrected chi connectivity index (χ2v) is 19.3. The fourth-order valence-corrected chi connectivity index (χ4v) is 9.25. The molecule has 7 aromatic rings. The molecular weight excluding hydrogens is 935 g/mol. The monoisotopic (exact) mass is 965 g/mol. The molecule has 0 aromatic heterocycles. The number of ether oxygens (including phenoxy) is 2. The van der Waals surface area contributed by atoms with Gasteiger partial charge in [0.05, 0.1) is 19.1 Å². The van der Waals surface area contributed by atoms with Crippen molar-refractivity contribution in [3.05, 3.63) is 109 Å². The lowest BCUT2D eigenvalue weighted by Crippen LogP contribution is -2.06. The van der Waals surface area contributed by atoms with Gasteiger partial charge in [-0.05, 0) is 101 Å². The van der Waals surface area contributed by atoms with Gasteiger partial charge in [-0.15, -0.1) is 20.5 Å². The van der Waals surface area contributed by atoms with Crippen LogP contribution >= 0.6 is 0 Å². The fraction of sp³-hybridized carbons (Fsp3) is 0.0500. The molecular formula is C40H31N5O16S4. The van der Waals surface area contributed by atoms with E-state index in [1.807, 2.05) is 30.3 Å². The van der Waals surface area contributed by atoms with Gasteiger partial charge in [-0.25, -0.2) is 0 Å². The summed E-state index contributed by atoms with van der Waals surface area (Å²) in [4.78, 5) is -4.25. The first-order valence-electron chi connectivity index (χ1n) is 18.0. The molecule has 65 heavy (non-hydrogen) atoms. The van der Waals surface area contributed by atoms with E-state index in [1.165, 1.54) is 50.6 Å². The van der Waals surface area contributed by atoms with Gasteiger partial charge < -0.3 is 25.0 Å². The number of phenols is 2. The summed E-state index contributed by atoms with van der Waals surface area (Å²) in [5, 5.41) is 40.3. The number of anilines is 2. The van der Waals surface area contributed by atoms with Crippen LogP contribution in [0.2, 0.25) is 0 Å². The van der Waals surface area contributed by atoms with Crippen LogP contribution in [0, 0.1) is 0 Å². The van der Waals surface area contributed by atoms with Gasteiger partial charge in [0.1, 0.15) is 48.9 Å². The first-order valence-corrected chi connectivity index (χ1v) is 23.8. The number of benzene rings is 7. The highest BCUT2D eigenvalue weighted by Gasteiger charge is 2.29. The minimum Gasteiger partial charge on any atom is -0.505 e. The van der Waals surface area contributed by atoms with Crippen molar-refractivity contribution in [2.24, 2.45) is 20.5 Å². The lowest BCUT2D eigenvalue weighted by atomic mass is 10.0. The van der Waals surface area contributed by atoms with Gasteiger partial charge in [0, 0.05) is 22.1 Å². The molecule has 0 saturated carbocycles. The molecule has 0 aliphatic carbocycles. The van der Waals surface area contributed by atoms with E-state index in [0.717, 1.165) is 11.8 Å². The van der Waals surface area contributed by atoms with Crippen LogP contribution in [0.25, 0.3) is 32.7 Å². The standard InChI is InChI=1S/C40H31N5O16S4/c1-60-31-16-21(8-12-29(31)42-44-37-34(64(54,55)56)18-23-14-26(10-11-28(23)39(37)46)41-25-6-4-3-5-7-25)22-9-13-30(32(17-22)61-2)43-45-38-35(65(57,58)59)19-24-15-27(62(48,49)50)20-33(63(51,52)53)36(24)40(38)47/h3-20,41,46-47H,1-2H3,(H,48,49,50)(H,51,52,53)(H,54,55,56)(H,57,58,59). The van der Waals surface area contributed by atoms with Crippen LogP contribution in [0.15, 0.2) is 149 Å². The number of methoxy groups -OCH3 is 2. The van der Waals surface area contributed by atoms with Crippen molar-refractivity contribution >= 4 is 96.1 Å². The highest BCUT2D eigenvalue weighted by Crippen LogP contribution is 2.47. The molecule has 0 saturated heterocycles. The molecule has 0 aliphatic rings. The van der Waals surface area contributed by atoms with Gasteiger partial charge in [-0.3, -0.25) is 18.2 Å². The molecule has 0 spiro atoms. The SMILES string of the molecule is COc1cc(-c2ccc(N=Nc3c(S(=O)(=O)O)cc4cc(S(=O)(=O)O)cc(S(=O)(=O)O)c4c3O)c(OC)c2)ccc1N=Nc1c(S(=O)(=O)O)cc2cc(Nc3ccccc3)ccc2c1O. The molecule has 25 heteroatoms. The minimum atomic E-state index is -5.36. The zero-order valence-electron chi connectivity index (χ0n) is 33.1. The van der Waals surface area contributed by atoms with Gasteiger partial charge in [0.2, 0.25) is 0 Å². The third-order valence-corrected chi connectivity index (χ3v) is 13.0. The molecule has 21 nitrogen and oxygen atoms in total. The Labute approximate surface area is 369 Å². The van der Waals surface area contributed by atoms with Crippen LogP contribution in [-0.2, 0) is 40.5 Å². The first kappa shape index (κ1) is 45.9. The predicted octanol–water partition coefficient (Wildman–Crippen LogP) is 8.65. The van der Waals surface area contributed by atoms with Crippen molar-refractivity contribution in [2.75, 3.05) is 19.5 Å². The number of fused-ring (bicyclic) bond motifs is 2. The maximum Gasteiger partial charge on any atom is 0.296 e. The van der Waals surface area contributed by atoms with Gasteiger partial charge in [-0.2, -0.15) is 33.7 Å². The lowest BCUT2D eigenvalue weighted by Gasteiger charge is -2.13. The maximum absolute atomic E-state index is 12.5. The topological polar surface area (TPSA) is 338 Å². The Kier molecular flexibility index (Phi) is 12.1. The molecule has 0 unspecified atom stereocenters. The lowest BCUT2D eigenvalue weighted by molar-refractivity contribution is 0.415. The van der Waals surface area contributed by atoms with E-state index in [9.17, 15) is 62.1 Å². The number of phenolic OH excluding ortho intramolecular Hbond substituents is 2. The molecule has 7 rings (SSSR count). The Morgan fingerprint density at radius 3 is 1.48 bits per heavy atom. The van der Waals surface area contributed by atoms with Crippen LogP contribution in [0.1, 0.15) is 0 Å². The van der Waals surface area contributed by atoms with Crippen molar-refractivity contribution in [3.8, 4) is 34.1 Å². The summed E-state index contributed by atoms with van der Waals surface area (Å²) < 4.78 is 149. The summed E-state index contributed by atoms with van der Waals surface area (Å²) in [5.74, 6) is -1.75. The molecule has 0 heterocycles. The number of hydrogen-bond acceptors (Lipinski definition) is 17. The van der Waals surface area contributed by atoms with Crippen LogP contribution in [0.4, 0.5) is 34.1 Å². The average molecular weight is 966 g/mol. The third kappa shape index (κ3) is 9.57. The Balaban J connectivity index is 1.23. The fourth-order valence-electron chi connectivity index (χ4n) is 6.57. The summed E-state index contributed by atoms with van der Waals surface area (Å²) in [5.41, 5.74) is 0.612. The number of nitrogens with one attached hydrogen (secondary N) is 1. The molecule has 0 amide bonds. The quantitative estimate of drug-likeness (QED) is 0.0419. The molecule has 7 aromatic carbocycles. The van der Waals surface area contributed by atoms with Crippen molar-refractivity contribution in [3.63, 3.8) is 0 Å². The molecule has 0 atom stereocenters. The van der Waals surface area contributed by atoms with E-state index >= 15 is 0 Å². The second kappa shape index (κ2) is 17.1. The second-order valence-electron chi connectivity index (χ2n) is 13.7. The van der Waals surface area contributed by atoms with Gasteiger partial charge in [0.15, 0.2) is 11.5 Å². The van der Waals surface area contributed by atoms with Crippen LogP contribution in [-0.4, -0.2) is 76.3 Å². The first-order chi connectivity index (χ1) is 30.5. The largest absolute Gasteiger partial charge is 0.505 e. The smallest absolute Gasteiger partial charge is 0.296 e. The van der Waals surface area contributed by atoms with E-state index in [0.29, 0.717) is 35.0 Å². The molecule has 0 aliphatic heterocycles. The van der Waals surface area contributed by atoms with Crippen molar-refractivity contribution in [1.82, 2.24) is 0 Å². The van der Waals surface area contributed by atoms with Crippen LogP contribution < -0.4 is 14.8 Å². The van der Waals surface area contributed by atoms with E-state index in [1.54, 1.807) is 18.2 Å². The van der Waals surface area contributed by atoms with Gasteiger partial charge in [0.25, 0.3) is 40.5 Å². The van der Waals surface area contributed by atoms with Gasteiger partial charge in [-0.1, -0.05) is 30.3 Å². The van der Waals surface area contributed by atoms with E-state index in [4.69, 9.17) is 9.47 Å². The van der Waals surface area contributed by atoms with E-state index in [-0.39, 0.29) is 33.6 Å². The molecule has 0 radical (unpaired) electrons. The van der Waals surface area contributed by atoms with Crippen LogP contribution in [0.5, 0.6) is 23.0 Å². The summed E-state index contributed by atoms with van der Waals surface area (Å²) >= 11 is 0. The minimum absolute atomic E-state index is 0.00780. The number of para-hydroxylation sites is 1. The number of rotatable bonds is 13. The third-order valence-electron chi connectivity index (χ3n) is 9.54. The summed E-state index contributed by atoms with van der Waals surface area (Å²) in [7, 11) is -18.2. The van der Waals surface area contributed by atoms with Crippen molar-refractivity contribution in [1.29, 1.82) is 0 Å². The zero-order chi connectivity index (χ0) is 47.2. The van der Waals surface area contributed by atoms with Crippen molar-refractivity contribution in [2.45, 2.75) is 19.6 Å². The maximum atomic E-state index is 12.5. The van der Waals surface area contributed by atoms with E-state index < -0.39 is 93.7 Å². The van der Waals surface area contributed by atoms with Crippen molar-refractivity contribution < 1.29 is 71.6 Å². The number of azo groups is 2. The zero-order valence-corrected chi connectivity index (χ0v) is 36.3. The number of nitrogens with zero attached hydrogens (tertiary/aromatic N) is 4. The molecule has 0 fully saturated rings.